The Morgan fingerprint density at radius 3 is 2.80 bits per heavy atom. The number of nitrogens with zero attached hydrogens (tertiary/aromatic N) is 1. The second-order valence-electron chi connectivity index (χ2n) is 4.17. The maximum atomic E-state index is 13.4. The van der Waals surface area contributed by atoms with Crippen LogP contribution in [0.4, 0.5) is 14.5 Å². The monoisotopic (exact) mass is 273 g/mol. The number of hydrogen-bond donors (Lipinski definition) is 2. The molecule has 2 N–H and O–H groups in total. The SMILES string of the molecule is O=C(Nc1ccc(F)nc1F)c1cccc2cc[nH]c12. The van der Waals surface area contributed by atoms with Gasteiger partial charge >= 0.3 is 0 Å². The van der Waals surface area contributed by atoms with E-state index in [9.17, 15) is 13.6 Å². The molecule has 4 nitrogen and oxygen atoms in total. The number of halogens is 2. The van der Waals surface area contributed by atoms with E-state index >= 15 is 0 Å². The van der Waals surface area contributed by atoms with Crippen molar-refractivity contribution in [3.05, 3.63) is 60.1 Å². The zero-order valence-corrected chi connectivity index (χ0v) is 10.2. The highest BCUT2D eigenvalue weighted by atomic mass is 19.1. The zero-order chi connectivity index (χ0) is 14.1. The third-order valence-corrected chi connectivity index (χ3v) is 2.89. The molecule has 0 aliphatic rings. The molecule has 100 valence electrons. The van der Waals surface area contributed by atoms with Crippen LogP contribution >= 0.6 is 0 Å². The number of anilines is 1. The molecule has 1 amide bonds. The van der Waals surface area contributed by atoms with Crippen LogP contribution in [0.15, 0.2) is 42.6 Å². The van der Waals surface area contributed by atoms with E-state index in [1.807, 2.05) is 12.1 Å². The fraction of sp³-hybridized carbons (Fsp3) is 0. The molecule has 6 heteroatoms. The number of H-pyrrole nitrogens is 1. The first-order chi connectivity index (χ1) is 9.65. The van der Waals surface area contributed by atoms with E-state index < -0.39 is 17.8 Å². The highest BCUT2D eigenvalue weighted by molar-refractivity contribution is 6.11. The molecule has 0 unspecified atom stereocenters. The maximum Gasteiger partial charge on any atom is 0.257 e. The highest BCUT2D eigenvalue weighted by Gasteiger charge is 2.13. The quantitative estimate of drug-likeness (QED) is 0.705. The molecule has 0 aliphatic carbocycles. The van der Waals surface area contributed by atoms with Crippen LogP contribution in [0.1, 0.15) is 10.4 Å². The smallest absolute Gasteiger partial charge is 0.257 e. The van der Waals surface area contributed by atoms with Crippen LogP contribution in [0.2, 0.25) is 0 Å². The summed E-state index contributed by atoms with van der Waals surface area (Å²) < 4.78 is 26.1. The fourth-order valence-electron chi connectivity index (χ4n) is 1.97. The molecular formula is C14H9F2N3O. The van der Waals surface area contributed by atoms with Gasteiger partial charge in [0, 0.05) is 11.6 Å². The van der Waals surface area contributed by atoms with E-state index in [0.717, 1.165) is 17.5 Å². The Morgan fingerprint density at radius 1 is 1.15 bits per heavy atom. The molecule has 0 spiro atoms. The second-order valence-corrected chi connectivity index (χ2v) is 4.17. The first-order valence-electron chi connectivity index (χ1n) is 5.84. The minimum atomic E-state index is -1.06. The first kappa shape index (κ1) is 12.3. The van der Waals surface area contributed by atoms with Gasteiger partial charge < -0.3 is 10.3 Å². The average molecular weight is 273 g/mol. The molecule has 2 heterocycles. The van der Waals surface area contributed by atoms with Crippen LogP contribution in [0.3, 0.4) is 0 Å². The summed E-state index contributed by atoms with van der Waals surface area (Å²) in [7, 11) is 0. The molecule has 0 atom stereocenters. The van der Waals surface area contributed by atoms with Crippen molar-refractivity contribution in [3.8, 4) is 0 Å². The summed E-state index contributed by atoms with van der Waals surface area (Å²) >= 11 is 0. The van der Waals surface area contributed by atoms with Gasteiger partial charge in [-0.1, -0.05) is 12.1 Å². The number of rotatable bonds is 2. The second kappa shape index (κ2) is 4.73. The predicted molar refractivity (Wildman–Crippen MR) is 70.4 cm³/mol. The lowest BCUT2D eigenvalue weighted by Crippen LogP contribution is -2.14. The van der Waals surface area contributed by atoms with E-state index in [0.29, 0.717) is 11.1 Å². The first-order valence-corrected chi connectivity index (χ1v) is 5.84. The Bertz CT molecular complexity index is 798. The summed E-state index contributed by atoms with van der Waals surface area (Å²) in [5.74, 6) is -2.49. The Balaban J connectivity index is 1.95. The van der Waals surface area contributed by atoms with Gasteiger partial charge in [-0.15, -0.1) is 0 Å². The van der Waals surface area contributed by atoms with Crippen molar-refractivity contribution in [1.82, 2.24) is 9.97 Å². The third-order valence-electron chi connectivity index (χ3n) is 2.89. The summed E-state index contributed by atoms with van der Waals surface area (Å²) in [5, 5.41) is 3.24. The van der Waals surface area contributed by atoms with Crippen molar-refractivity contribution in [2.75, 3.05) is 5.32 Å². The largest absolute Gasteiger partial charge is 0.361 e. The number of nitrogens with one attached hydrogen (secondary N) is 2. The lowest BCUT2D eigenvalue weighted by Gasteiger charge is -2.06. The van der Waals surface area contributed by atoms with E-state index in [1.165, 1.54) is 0 Å². The number of aromatic nitrogens is 2. The summed E-state index contributed by atoms with van der Waals surface area (Å²) in [5.41, 5.74) is 0.858. The molecule has 0 aliphatic heterocycles. The van der Waals surface area contributed by atoms with Crippen molar-refractivity contribution in [1.29, 1.82) is 0 Å². The van der Waals surface area contributed by atoms with E-state index in [2.05, 4.69) is 15.3 Å². The zero-order valence-electron chi connectivity index (χ0n) is 10.2. The van der Waals surface area contributed by atoms with Crippen LogP contribution < -0.4 is 5.32 Å². The standard InChI is InChI=1S/C14H9F2N3O/c15-11-5-4-10(13(16)19-11)18-14(20)9-3-1-2-8-6-7-17-12(8)9/h1-7,17H,(H,18,20). The van der Waals surface area contributed by atoms with Crippen molar-refractivity contribution in [2.45, 2.75) is 0 Å². The molecule has 1 aromatic carbocycles. The number of fused-ring (bicyclic) bond motifs is 1. The number of amides is 1. The average Bonchev–Trinajstić information content (AvgIpc) is 2.90. The third kappa shape index (κ3) is 2.11. The highest BCUT2D eigenvalue weighted by Crippen LogP contribution is 2.19. The van der Waals surface area contributed by atoms with Gasteiger partial charge in [-0.2, -0.15) is 13.8 Å². The van der Waals surface area contributed by atoms with E-state index in [1.54, 1.807) is 18.3 Å². The van der Waals surface area contributed by atoms with Gasteiger partial charge in [0.2, 0.25) is 11.9 Å². The lowest BCUT2D eigenvalue weighted by atomic mass is 10.1. The maximum absolute atomic E-state index is 13.4. The Kier molecular flexibility index (Phi) is 2.90. The fourth-order valence-corrected chi connectivity index (χ4v) is 1.97. The van der Waals surface area contributed by atoms with Crippen molar-refractivity contribution < 1.29 is 13.6 Å². The van der Waals surface area contributed by atoms with E-state index in [4.69, 9.17) is 0 Å². The molecular weight excluding hydrogens is 264 g/mol. The van der Waals surface area contributed by atoms with Crippen LogP contribution in [0, 0.1) is 11.9 Å². The topological polar surface area (TPSA) is 57.8 Å². The van der Waals surface area contributed by atoms with Gasteiger partial charge in [0.25, 0.3) is 5.91 Å². The van der Waals surface area contributed by atoms with Gasteiger partial charge in [-0.05, 0) is 24.3 Å². The summed E-state index contributed by atoms with van der Waals surface area (Å²) in [4.78, 5) is 18.1. The predicted octanol–water partition coefficient (Wildman–Crippen LogP) is 3.09. The van der Waals surface area contributed by atoms with Crippen molar-refractivity contribution in [2.24, 2.45) is 0 Å². The minimum absolute atomic E-state index is 0.167. The van der Waals surface area contributed by atoms with Gasteiger partial charge in [-0.3, -0.25) is 4.79 Å². The molecule has 0 saturated carbocycles. The van der Waals surface area contributed by atoms with E-state index in [-0.39, 0.29) is 5.69 Å². The number of para-hydroxylation sites is 1. The Hall–Kier alpha value is -2.76. The molecule has 3 rings (SSSR count). The normalized spacial score (nSPS) is 10.7. The number of carbonyl (C=O) groups is 1. The summed E-state index contributed by atoms with van der Waals surface area (Å²) in [6.45, 7) is 0. The molecule has 3 aromatic rings. The van der Waals surface area contributed by atoms with Gasteiger partial charge in [-0.25, -0.2) is 0 Å². The molecule has 2 aromatic heterocycles. The number of aromatic amines is 1. The molecule has 0 bridgehead atoms. The van der Waals surface area contributed by atoms with Crippen molar-refractivity contribution >= 4 is 22.5 Å². The van der Waals surface area contributed by atoms with Gasteiger partial charge in [0.15, 0.2) is 0 Å². The number of carbonyl (C=O) groups excluding carboxylic acids is 1. The molecule has 0 fully saturated rings. The Morgan fingerprint density at radius 2 is 2.00 bits per heavy atom. The van der Waals surface area contributed by atoms with Crippen LogP contribution in [0.5, 0.6) is 0 Å². The number of pyridine rings is 1. The van der Waals surface area contributed by atoms with Gasteiger partial charge in [0.1, 0.15) is 0 Å². The number of hydrogen-bond acceptors (Lipinski definition) is 2. The summed E-state index contributed by atoms with van der Waals surface area (Å²) in [6, 6.07) is 9.13. The van der Waals surface area contributed by atoms with Crippen LogP contribution in [-0.4, -0.2) is 15.9 Å². The molecule has 20 heavy (non-hydrogen) atoms. The molecule has 0 saturated heterocycles. The summed E-state index contributed by atoms with van der Waals surface area (Å²) in [6.07, 6.45) is 1.71. The van der Waals surface area contributed by atoms with Crippen LogP contribution in [0.25, 0.3) is 10.9 Å². The van der Waals surface area contributed by atoms with Gasteiger partial charge in [0.05, 0.1) is 16.8 Å². The van der Waals surface area contributed by atoms with Crippen LogP contribution in [-0.2, 0) is 0 Å². The number of benzene rings is 1. The Labute approximate surface area is 112 Å². The minimum Gasteiger partial charge on any atom is -0.361 e. The molecule has 0 radical (unpaired) electrons. The lowest BCUT2D eigenvalue weighted by molar-refractivity contribution is 0.102. The van der Waals surface area contributed by atoms with Crippen molar-refractivity contribution in [3.63, 3.8) is 0 Å².